The zero-order valence-electron chi connectivity index (χ0n) is 22.4. The number of carbonyl (C=O) groups is 2. The van der Waals surface area contributed by atoms with Crippen LogP contribution in [-0.2, 0) is 26.2 Å². The molecule has 2 amide bonds. The first-order chi connectivity index (χ1) is 18.4. The zero-order valence-corrected chi connectivity index (χ0v) is 25.6. The Morgan fingerprint density at radius 1 is 1.00 bits per heavy atom. The highest BCUT2D eigenvalue weighted by Crippen LogP contribution is 2.30. The average Bonchev–Trinajstić information content (AvgIpc) is 2.92. The van der Waals surface area contributed by atoms with Crippen molar-refractivity contribution in [2.75, 3.05) is 10.8 Å². The summed E-state index contributed by atoms with van der Waals surface area (Å²) in [6, 6.07) is 19.3. The number of nitrogens with one attached hydrogen (secondary N) is 1. The molecule has 0 saturated heterocycles. The van der Waals surface area contributed by atoms with Gasteiger partial charge in [-0.05, 0) is 74.7 Å². The molecule has 7 nitrogen and oxygen atoms in total. The number of nitrogens with zero attached hydrogens (tertiary/aromatic N) is 2. The lowest BCUT2D eigenvalue weighted by Gasteiger charge is -2.33. The van der Waals surface area contributed by atoms with E-state index >= 15 is 0 Å². The predicted octanol–water partition coefficient (Wildman–Crippen LogP) is 5.94. The fourth-order valence-corrected chi connectivity index (χ4v) is 5.84. The minimum Gasteiger partial charge on any atom is -0.352 e. The molecule has 0 aromatic heterocycles. The zero-order chi connectivity index (χ0) is 28.7. The lowest BCUT2D eigenvalue weighted by Crippen LogP contribution is -2.52. The molecule has 3 aromatic carbocycles. The van der Waals surface area contributed by atoms with E-state index in [1.165, 1.54) is 23.1 Å². The van der Waals surface area contributed by atoms with Gasteiger partial charge in [-0.25, -0.2) is 8.42 Å². The van der Waals surface area contributed by atoms with Crippen LogP contribution < -0.4 is 9.62 Å². The van der Waals surface area contributed by atoms with E-state index in [1.54, 1.807) is 44.2 Å². The fourth-order valence-electron chi connectivity index (χ4n) is 3.92. The smallest absolute Gasteiger partial charge is 0.264 e. The first-order valence-corrected chi connectivity index (χ1v) is 15.2. The van der Waals surface area contributed by atoms with E-state index in [2.05, 4.69) is 21.2 Å². The van der Waals surface area contributed by atoms with Crippen LogP contribution in [0.5, 0.6) is 0 Å². The van der Waals surface area contributed by atoms with Gasteiger partial charge in [-0.1, -0.05) is 70.9 Å². The van der Waals surface area contributed by atoms with Gasteiger partial charge in [0.05, 0.1) is 10.6 Å². The monoisotopic (exact) mass is 633 g/mol. The molecular formula is C29H33BrClN3O4S. The van der Waals surface area contributed by atoms with Gasteiger partial charge in [-0.2, -0.15) is 0 Å². The molecular weight excluding hydrogens is 602 g/mol. The van der Waals surface area contributed by atoms with Crippen molar-refractivity contribution in [1.29, 1.82) is 0 Å². The van der Waals surface area contributed by atoms with Crippen molar-refractivity contribution in [2.45, 2.75) is 57.6 Å². The molecule has 0 aliphatic rings. The molecule has 2 atom stereocenters. The molecule has 0 heterocycles. The minimum atomic E-state index is -4.15. The van der Waals surface area contributed by atoms with Crippen LogP contribution >= 0.6 is 27.5 Å². The number of aryl methyl sites for hydroxylation is 1. The maximum absolute atomic E-state index is 14.0. The summed E-state index contributed by atoms with van der Waals surface area (Å²) in [5, 5.41) is 3.26. The summed E-state index contributed by atoms with van der Waals surface area (Å²) in [4.78, 5) is 28.5. The highest BCUT2D eigenvalue weighted by atomic mass is 79.9. The van der Waals surface area contributed by atoms with Gasteiger partial charge in [0.2, 0.25) is 11.8 Å². The van der Waals surface area contributed by atoms with Crippen molar-refractivity contribution in [3.05, 3.63) is 93.4 Å². The molecule has 0 aliphatic carbocycles. The minimum absolute atomic E-state index is 0.0409. The number of benzene rings is 3. The second kappa shape index (κ2) is 13.5. The van der Waals surface area contributed by atoms with Crippen LogP contribution in [0.1, 0.15) is 38.3 Å². The van der Waals surface area contributed by atoms with Crippen LogP contribution in [-0.4, -0.2) is 43.8 Å². The topological polar surface area (TPSA) is 86.8 Å². The summed E-state index contributed by atoms with van der Waals surface area (Å²) in [5.41, 5.74) is 1.72. The number of sulfonamides is 1. The third kappa shape index (κ3) is 7.84. The Labute approximate surface area is 244 Å². The van der Waals surface area contributed by atoms with Gasteiger partial charge in [0.15, 0.2) is 0 Å². The Bertz CT molecular complexity index is 1400. The number of hydrogen-bond donors (Lipinski definition) is 1. The molecule has 0 bridgehead atoms. The summed E-state index contributed by atoms with van der Waals surface area (Å²) in [6.07, 6.45) is 0.732. The van der Waals surface area contributed by atoms with E-state index in [9.17, 15) is 18.0 Å². The Morgan fingerprint density at radius 2 is 1.64 bits per heavy atom. The molecule has 10 heteroatoms. The number of hydrogen-bond acceptors (Lipinski definition) is 4. The van der Waals surface area contributed by atoms with Crippen LogP contribution in [0.4, 0.5) is 5.69 Å². The Kier molecular flexibility index (Phi) is 10.6. The third-order valence-electron chi connectivity index (χ3n) is 6.48. The number of halogens is 2. The van der Waals surface area contributed by atoms with Crippen LogP contribution in [0.25, 0.3) is 0 Å². The average molecular weight is 635 g/mol. The maximum atomic E-state index is 14.0. The summed E-state index contributed by atoms with van der Waals surface area (Å²) in [7, 11) is -4.15. The Hall–Kier alpha value is -2.88. The largest absolute Gasteiger partial charge is 0.352 e. The quantitative estimate of drug-likeness (QED) is 0.283. The molecule has 0 saturated carbocycles. The van der Waals surface area contributed by atoms with E-state index in [1.807, 2.05) is 38.1 Å². The summed E-state index contributed by atoms with van der Waals surface area (Å²) in [6.45, 7) is 6.85. The van der Waals surface area contributed by atoms with Crippen molar-refractivity contribution in [3.63, 3.8) is 0 Å². The molecule has 208 valence electrons. The summed E-state index contributed by atoms with van der Waals surface area (Å²) in [5.74, 6) is -0.838. The standard InChI is InChI=1S/C29H33BrClN3O4S/c1-5-21(3)32-29(36)22(4)33(18-23-12-14-24(30)15-13-23)28(35)19-34(27-17-25(31)16-11-20(27)2)39(37,38)26-9-7-6-8-10-26/h6-17,21-22H,5,18-19H2,1-4H3,(H,32,36)/t21-,22-/m1/s1. The van der Waals surface area contributed by atoms with Gasteiger partial charge in [0, 0.05) is 22.1 Å². The molecule has 0 aliphatic heterocycles. The maximum Gasteiger partial charge on any atom is 0.264 e. The highest BCUT2D eigenvalue weighted by molar-refractivity contribution is 9.10. The predicted molar refractivity (Wildman–Crippen MR) is 159 cm³/mol. The van der Waals surface area contributed by atoms with Crippen molar-refractivity contribution in [2.24, 2.45) is 0 Å². The first-order valence-electron chi connectivity index (χ1n) is 12.6. The number of carbonyl (C=O) groups excluding carboxylic acids is 2. The molecule has 0 radical (unpaired) electrons. The summed E-state index contributed by atoms with van der Waals surface area (Å²) < 4.78 is 29.7. The Morgan fingerprint density at radius 3 is 2.26 bits per heavy atom. The van der Waals surface area contributed by atoms with Crippen LogP contribution in [0.15, 0.2) is 82.2 Å². The SMILES string of the molecule is CC[C@@H](C)NC(=O)[C@@H](C)N(Cc1ccc(Br)cc1)C(=O)CN(c1cc(Cl)ccc1C)S(=O)(=O)c1ccccc1. The summed E-state index contributed by atoms with van der Waals surface area (Å²) >= 11 is 9.67. The van der Waals surface area contributed by atoms with E-state index < -0.39 is 28.5 Å². The van der Waals surface area contributed by atoms with Gasteiger partial charge < -0.3 is 10.2 Å². The number of rotatable bonds is 11. The van der Waals surface area contributed by atoms with Gasteiger partial charge in [-0.15, -0.1) is 0 Å². The highest BCUT2D eigenvalue weighted by Gasteiger charge is 2.33. The van der Waals surface area contributed by atoms with Gasteiger partial charge in [0.1, 0.15) is 12.6 Å². The fraction of sp³-hybridized carbons (Fsp3) is 0.310. The van der Waals surface area contributed by atoms with E-state index in [0.29, 0.717) is 16.3 Å². The van der Waals surface area contributed by atoms with Crippen molar-refractivity contribution < 1.29 is 18.0 Å². The molecule has 0 fully saturated rings. The second-order valence-corrected chi connectivity index (χ2v) is 12.6. The third-order valence-corrected chi connectivity index (χ3v) is 9.02. The van der Waals surface area contributed by atoms with Crippen LogP contribution in [0.3, 0.4) is 0 Å². The van der Waals surface area contributed by atoms with Crippen molar-refractivity contribution >= 4 is 55.1 Å². The molecule has 3 rings (SSSR count). The van der Waals surface area contributed by atoms with Gasteiger partial charge >= 0.3 is 0 Å². The van der Waals surface area contributed by atoms with E-state index in [0.717, 1.165) is 20.8 Å². The van der Waals surface area contributed by atoms with Crippen molar-refractivity contribution in [3.8, 4) is 0 Å². The molecule has 0 spiro atoms. The molecule has 1 N–H and O–H groups in total. The van der Waals surface area contributed by atoms with Gasteiger partial charge in [0.25, 0.3) is 10.0 Å². The lowest BCUT2D eigenvalue weighted by molar-refractivity contribution is -0.139. The van der Waals surface area contributed by atoms with E-state index in [4.69, 9.17) is 11.6 Å². The molecule has 3 aromatic rings. The number of anilines is 1. The lowest BCUT2D eigenvalue weighted by atomic mass is 10.1. The van der Waals surface area contributed by atoms with Gasteiger partial charge in [-0.3, -0.25) is 13.9 Å². The molecule has 39 heavy (non-hydrogen) atoms. The number of amides is 2. The Balaban J connectivity index is 2.05. The second-order valence-electron chi connectivity index (χ2n) is 9.40. The van der Waals surface area contributed by atoms with Crippen LogP contribution in [0, 0.1) is 6.92 Å². The first kappa shape index (κ1) is 30.7. The van der Waals surface area contributed by atoms with Crippen LogP contribution in [0.2, 0.25) is 5.02 Å². The normalized spacial score (nSPS) is 12.9. The molecule has 0 unspecified atom stereocenters. The van der Waals surface area contributed by atoms with Crippen molar-refractivity contribution in [1.82, 2.24) is 10.2 Å². The van der Waals surface area contributed by atoms with E-state index in [-0.39, 0.29) is 23.4 Å².